The minimum Gasteiger partial charge on any atom is -0.310 e. The molecule has 64 valence electrons. The number of halogens is 2. The summed E-state index contributed by atoms with van der Waals surface area (Å²) in [7, 11) is 0. The lowest BCUT2D eigenvalue weighted by Gasteiger charge is -2.28. The lowest BCUT2D eigenvalue weighted by Crippen LogP contribution is -2.36. The average molecular weight is 278 g/mol. The Morgan fingerprint density at radius 3 is 2.92 bits per heavy atom. The van der Waals surface area contributed by atoms with Crippen LogP contribution in [0.5, 0.6) is 0 Å². The monoisotopic (exact) mass is 278 g/mol. The fourth-order valence-electron chi connectivity index (χ4n) is 1.27. The highest BCUT2D eigenvalue weighted by Gasteiger charge is 2.24. The van der Waals surface area contributed by atoms with Crippen molar-refractivity contribution in [3.05, 3.63) is 27.3 Å². The summed E-state index contributed by atoms with van der Waals surface area (Å²) >= 11 is 2.14. The van der Waals surface area contributed by atoms with Crippen LogP contribution in [-0.2, 0) is 0 Å². The molecule has 0 aromatic carbocycles. The van der Waals surface area contributed by atoms with Crippen molar-refractivity contribution in [2.75, 3.05) is 6.54 Å². The van der Waals surface area contributed by atoms with E-state index in [2.05, 4.69) is 32.9 Å². The van der Waals surface area contributed by atoms with Gasteiger partial charge in [-0.05, 0) is 41.6 Å². The molecule has 12 heavy (non-hydrogen) atoms. The summed E-state index contributed by atoms with van der Waals surface area (Å²) in [5.74, 6) is -0.334. The molecule has 1 aromatic heterocycles. The molecule has 2 nitrogen and oxygen atoms in total. The van der Waals surface area contributed by atoms with Crippen molar-refractivity contribution in [2.45, 2.75) is 12.5 Å². The number of aromatic nitrogens is 1. The summed E-state index contributed by atoms with van der Waals surface area (Å²) < 4.78 is 14.1. The molecule has 1 fully saturated rings. The molecule has 4 heteroatoms. The maximum absolute atomic E-state index is 13.2. The van der Waals surface area contributed by atoms with E-state index in [1.54, 1.807) is 0 Å². The molecule has 2 rings (SSSR count). The number of nitrogens with zero attached hydrogens (tertiary/aromatic N) is 1. The Morgan fingerprint density at radius 1 is 1.67 bits per heavy atom. The van der Waals surface area contributed by atoms with Gasteiger partial charge in [0.05, 0.1) is 0 Å². The molecule has 1 saturated heterocycles. The molecular weight excluding hydrogens is 270 g/mol. The summed E-state index contributed by atoms with van der Waals surface area (Å²) in [6.07, 6.45) is 2.51. The van der Waals surface area contributed by atoms with Crippen molar-refractivity contribution < 1.29 is 4.39 Å². The van der Waals surface area contributed by atoms with Crippen LogP contribution in [0.15, 0.2) is 12.3 Å². The Balaban J connectivity index is 2.39. The maximum atomic E-state index is 13.2. The topological polar surface area (TPSA) is 24.9 Å². The van der Waals surface area contributed by atoms with Crippen LogP contribution in [0.2, 0.25) is 0 Å². The molecular formula is C8H8FIN2. The van der Waals surface area contributed by atoms with Crippen molar-refractivity contribution in [1.29, 1.82) is 0 Å². The van der Waals surface area contributed by atoms with Gasteiger partial charge in [0, 0.05) is 21.4 Å². The van der Waals surface area contributed by atoms with Gasteiger partial charge in [-0.25, -0.2) is 4.98 Å². The van der Waals surface area contributed by atoms with Gasteiger partial charge >= 0.3 is 0 Å². The van der Waals surface area contributed by atoms with E-state index in [0.717, 1.165) is 22.1 Å². The van der Waals surface area contributed by atoms with Crippen molar-refractivity contribution in [1.82, 2.24) is 10.3 Å². The quantitative estimate of drug-likeness (QED) is 0.626. The van der Waals surface area contributed by atoms with Gasteiger partial charge in [0.25, 0.3) is 0 Å². The van der Waals surface area contributed by atoms with Crippen LogP contribution < -0.4 is 5.32 Å². The van der Waals surface area contributed by atoms with Crippen LogP contribution in [0.3, 0.4) is 0 Å². The molecule has 1 unspecified atom stereocenters. The fourth-order valence-corrected chi connectivity index (χ4v) is 2.03. The zero-order chi connectivity index (χ0) is 8.55. The molecule has 0 radical (unpaired) electrons. The van der Waals surface area contributed by atoms with E-state index in [1.807, 2.05) is 6.07 Å². The summed E-state index contributed by atoms with van der Waals surface area (Å²) in [4.78, 5) is 3.63. The van der Waals surface area contributed by atoms with E-state index in [-0.39, 0.29) is 12.0 Å². The Bertz CT molecular complexity index is 279. The van der Waals surface area contributed by atoms with Crippen molar-refractivity contribution >= 4 is 22.6 Å². The molecule has 0 bridgehead atoms. The second-order valence-corrected chi connectivity index (χ2v) is 3.95. The van der Waals surface area contributed by atoms with Crippen LogP contribution in [0, 0.1) is 9.52 Å². The predicted molar refractivity (Wildman–Crippen MR) is 52.3 cm³/mol. The lowest BCUT2D eigenvalue weighted by atomic mass is 10.00. The van der Waals surface area contributed by atoms with E-state index in [0.29, 0.717) is 0 Å². The van der Waals surface area contributed by atoms with Crippen LogP contribution in [0.1, 0.15) is 18.0 Å². The highest BCUT2D eigenvalue weighted by atomic mass is 127. The van der Waals surface area contributed by atoms with Gasteiger partial charge < -0.3 is 5.32 Å². The second-order valence-electron chi connectivity index (χ2n) is 2.79. The largest absolute Gasteiger partial charge is 0.310 e. The normalized spacial score (nSPS) is 22.0. The Morgan fingerprint density at radius 2 is 2.42 bits per heavy atom. The second kappa shape index (κ2) is 3.26. The SMILES string of the molecule is Fc1nccc(I)c1C1CCN1. The van der Waals surface area contributed by atoms with Gasteiger partial charge in [0.1, 0.15) is 0 Å². The fraction of sp³-hybridized carbons (Fsp3) is 0.375. The van der Waals surface area contributed by atoms with Gasteiger partial charge in [-0.2, -0.15) is 4.39 Å². The zero-order valence-corrected chi connectivity index (χ0v) is 8.51. The molecule has 1 N–H and O–H groups in total. The van der Waals surface area contributed by atoms with Gasteiger partial charge in [-0.1, -0.05) is 0 Å². The molecule has 1 aliphatic rings. The third-order valence-electron chi connectivity index (χ3n) is 2.06. The Labute approximate surface area is 83.7 Å². The number of nitrogens with one attached hydrogen (secondary N) is 1. The minimum absolute atomic E-state index is 0.186. The van der Waals surface area contributed by atoms with Gasteiger partial charge in [-0.3, -0.25) is 0 Å². The summed E-state index contributed by atoms with van der Waals surface area (Å²) in [6, 6.07) is 2.02. The van der Waals surface area contributed by atoms with E-state index >= 15 is 0 Å². The van der Waals surface area contributed by atoms with Crippen LogP contribution >= 0.6 is 22.6 Å². The van der Waals surface area contributed by atoms with E-state index in [4.69, 9.17) is 0 Å². The highest BCUT2D eigenvalue weighted by Crippen LogP contribution is 2.28. The maximum Gasteiger partial charge on any atom is 0.218 e. The molecule has 1 aromatic rings. The number of rotatable bonds is 1. The number of hydrogen-bond acceptors (Lipinski definition) is 2. The smallest absolute Gasteiger partial charge is 0.218 e. The first-order chi connectivity index (χ1) is 5.79. The third kappa shape index (κ3) is 1.33. The molecule has 1 aliphatic heterocycles. The Hall–Kier alpha value is -0.230. The first-order valence-corrected chi connectivity index (χ1v) is 4.90. The lowest BCUT2D eigenvalue weighted by molar-refractivity contribution is 0.364. The summed E-state index contributed by atoms with van der Waals surface area (Å²) in [5.41, 5.74) is 0.726. The van der Waals surface area contributed by atoms with Gasteiger partial charge in [0.2, 0.25) is 5.95 Å². The van der Waals surface area contributed by atoms with Crippen molar-refractivity contribution in [3.8, 4) is 0 Å². The highest BCUT2D eigenvalue weighted by molar-refractivity contribution is 14.1. The van der Waals surface area contributed by atoms with Crippen LogP contribution in [0.4, 0.5) is 4.39 Å². The minimum atomic E-state index is -0.334. The first-order valence-electron chi connectivity index (χ1n) is 3.82. The standard InChI is InChI=1S/C8H8FIN2/c9-8-7(6-2-4-11-6)5(10)1-3-12-8/h1,3,6,11H,2,4H2. The van der Waals surface area contributed by atoms with Crippen LogP contribution in [0.25, 0.3) is 0 Å². The zero-order valence-electron chi connectivity index (χ0n) is 6.35. The summed E-state index contributed by atoms with van der Waals surface area (Å²) in [6.45, 7) is 0.981. The molecule has 1 atom stereocenters. The van der Waals surface area contributed by atoms with Crippen LogP contribution in [-0.4, -0.2) is 11.5 Å². The molecule has 0 aliphatic carbocycles. The predicted octanol–water partition coefficient (Wildman–Crippen LogP) is 1.86. The molecule has 0 spiro atoms. The Kier molecular flexibility index (Phi) is 2.27. The van der Waals surface area contributed by atoms with Crippen molar-refractivity contribution in [2.24, 2.45) is 0 Å². The van der Waals surface area contributed by atoms with Gasteiger partial charge in [0.15, 0.2) is 0 Å². The average Bonchev–Trinajstić information content (AvgIpc) is 1.93. The molecule has 2 heterocycles. The van der Waals surface area contributed by atoms with E-state index in [1.165, 1.54) is 6.20 Å². The first kappa shape index (κ1) is 8.37. The number of pyridine rings is 1. The molecule has 0 amide bonds. The van der Waals surface area contributed by atoms with E-state index < -0.39 is 0 Å². The van der Waals surface area contributed by atoms with Gasteiger partial charge in [-0.15, -0.1) is 0 Å². The molecule has 0 saturated carbocycles. The number of hydrogen-bond donors (Lipinski definition) is 1. The third-order valence-corrected chi connectivity index (χ3v) is 3.00. The van der Waals surface area contributed by atoms with Crippen molar-refractivity contribution in [3.63, 3.8) is 0 Å². The van der Waals surface area contributed by atoms with E-state index in [9.17, 15) is 4.39 Å². The summed E-state index contributed by atoms with van der Waals surface area (Å²) in [5, 5.41) is 3.16.